The Labute approximate surface area is 112 Å². The molecule has 1 heterocycles. The molecule has 0 atom stereocenters. The minimum absolute atomic E-state index is 0.0104. The minimum Gasteiger partial charge on any atom is -0.487 e. The minimum atomic E-state index is -0.454. The first-order valence-electron chi connectivity index (χ1n) is 5.13. The second-order valence-corrected chi connectivity index (χ2v) is 4.43. The highest BCUT2D eigenvalue weighted by atomic mass is 79.9. The number of ether oxygens (including phenoxy) is 1. The molecule has 0 aliphatic rings. The zero-order chi connectivity index (χ0) is 13.0. The Bertz CT molecular complexity index is 558. The van der Waals surface area contributed by atoms with E-state index >= 15 is 0 Å². The summed E-state index contributed by atoms with van der Waals surface area (Å²) in [5.74, 6) is 0.453. The summed E-state index contributed by atoms with van der Waals surface area (Å²) < 4.78 is 6.33. The molecule has 2 aromatic rings. The van der Waals surface area contributed by atoms with Crippen molar-refractivity contribution in [2.45, 2.75) is 6.61 Å². The molecule has 0 saturated carbocycles. The topological polar surface area (TPSA) is 65.3 Å². The van der Waals surface area contributed by atoms with Crippen molar-refractivity contribution < 1.29 is 9.66 Å². The number of nitro benzene ring substituents is 1. The Kier molecular flexibility index (Phi) is 3.88. The second-order valence-electron chi connectivity index (χ2n) is 3.51. The SMILES string of the molecule is O=[N+]([O-])c1cccc(OCc2ccc(Br)cn2)c1. The van der Waals surface area contributed by atoms with Crippen LogP contribution < -0.4 is 4.74 Å². The first kappa shape index (κ1) is 12.5. The highest BCUT2D eigenvalue weighted by molar-refractivity contribution is 9.10. The summed E-state index contributed by atoms with van der Waals surface area (Å²) in [6, 6.07) is 9.75. The summed E-state index contributed by atoms with van der Waals surface area (Å²) in [5, 5.41) is 10.6. The van der Waals surface area contributed by atoms with Crippen LogP contribution in [0.5, 0.6) is 5.75 Å². The van der Waals surface area contributed by atoms with Crippen LogP contribution in [0.4, 0.5) is 5.69 Å². The van der Waals surface area contributed by atoms with Crippen LogP contribution in [-0.4, -0.2) is 9.91 Å². The predicted molar refractivity (Wildman–Crippen MR) is 69.4 cm³/mol. The third-order valence-corrected chi connectivity index (χ3v) is 2.67. The molecule has 0 saturated heterocycles. The van der Waals surface area contributed by atoms with Crippen LogP contribution in [-0.2, 0) is 6.61 Å². The maximum Gasteiger partial charge on any atom is 0.273 e. The average Bonchev–Trinajstić information content (AvgIpc) is 2.38. The molecule has 0 radical (unpaired) electrons. The van der Waals surface area contributed by atoms with Crippen LogP contribution in [0.15, 0.2) is 47.1 Å². The number of benzene rings is 1. The van der Waals surface area contributed by atoms with Gasteiger partial charge >= 0.3 is 0 Å². The number of rotatable bonds is 4. The maximum atomic E-state index is 10.6. The van der Waals surface area contributed by atoms with Crippen LogP contribution in [0.25, 0.3) is 0 Å². The molecular formula is C12H9BrN2O3. The molecule has 1 aromatic carbocycles. The zero-order valence-corrected chi connectivity index (χ0v) is 10.8. The zero-order valence-electron chi connectivity index (χ0n) is 9.25. The molecule has 18 heavy (non-hydrogen) atoms. The largest absolute Gasteiger partial charge is 0.487 e. The van der Waals surface area contributed by atoms with Crippen LogP contribution in [0.1, 0.15) is 5.69 Å². The number of hydrogen-bond acceptors (Lipinski definition) is 4. The van der Waals surface area contributed by atoms with Gasteiger partial charge in [-0.2, -0.15) is 0 Å². The lowest BCUT2D eigenvalue weighted by Crippen LogP contribution is -1.98. The lowest BCUT2D eigenvalue weighted by atomic mass is 10.3. The van der Waals surface area contributed by atoms with E-state index in [1.165, 1.54) is 12.1 Å². The number of halogens is 1. The summed E-state index contributed by atoms with van der Waals surface area (Å²) in [4.78, 5) is 14.3. The average molecular weight is 309 g/mol. The molecule has 0 aliphatic heterocycles. The van der Waals surface area contributed by atoms with E-state index in [1.807, 2.05) is 12.1 Å². The van der Waals surface area contributed by atoms with Gasteiger partial charge in [0.1, 0.15) is 12.4 Å². The highest BCUT2D eigenvalue weighted by Gasteiger charge is 2.06. The molecule has 92 valence electrons. The number of nitro groups is 1. The number of hydrogen-bond donors (Lipinski definition) is 0. The van der Waals surface area contributed by atoms with Gasteiger partial charge in [-0.05, 0) is 34.1 Å². The Morgan fingerprint density at radius 1 is 1.33 bits per heavy atom. The summed E-state index contributed by atoms with van der Waals surface area (Å²) in [7, 11) is 0. The van der Waals surface area contributed by atoms with Crippen LogP contribution in [0.3, 0.4) is 0 Å². The van der Waals surface area contributed by atoms with Gasteiger partial charge in [-0.3, -0.25) is 15.1 Å². The van der Waals surface area contributed by atoms with Crippen molar-refractivity contribution in [1.29, 1.82) is 0 Å². The van der Waals surface area contributed by atoms with Gasteiger partial charge in [0, 0.05) is 16.7 Å². The van der Waals surface area contributed by atoms with Gasteiger partial charge < -0.3 is 4.74 Å². The van der Waals surface area contributed by atoms with Gasteiger partial charge in [0.15, 0.2) is 0 Å². The van der Waals surface area contributed by atoms with Crippen LogP contribution in [0.2, 0.25) is 0 Å². The molecule has 6 heteroatoms. The van der Waals surface area contributed by atoms with Crippen LogP contribution >= 0.6 is 15.9 Å². The lowest BCUT2D eigenvalue weighted by molar-refractivity contribution is -0.384. The normalized spacial score (nSPS) is 10.1. The third kappa shape index (κ3) is 3.27. The lowest BCUT2D eigenvalue weighted by Gasteiger charge is -2.05. The second kappa shape index (κ2) is 5.59. The fourth-order valence-electron chi connectivity index (χ4n) is 1.34. The molecular weight excluding hydrogens is 300 g/mol. The number of aromatic nitrogens is 1. The third-order valence-electron chi connectivity index (χ3n) is 2.20. The maximum absolute atomic E-state index is 10.6. The molecule has 0 unspecified atom stereocenters. The van der Waals surface area contributed by atoms with Gasteiger partial charge in [0.2, 0.25) is 0 Å². The van der Waals surface area contributed by atoms with Crippen molar-refractivity contribution >= 4 is 21.6 Å². The van der Waals surface area contributed by atoms with E-state index in [0.29, 0.717) is 5.75 Å². The van der Waals surface area contributed by atoms with Gasteiger partial charge in [0.05, 0.1) is 16.7 Å². The molecule has 1 aromatic heterocycles. The molecule has 0 aliphatic carbocycles. The smallest absolute Gasteiger partial charge is 0.273 e. The van der Waals surface area contributed by atoms with E-state index in [1.54, 1.807) is 18.3 Å². The molecule has 5 nitrogen and oxygen atoms in total. The standard InChI is InChI=1S/C12H9BrN2O3/c13-9-4-5-10(14-7-9)8-18-12-3-1-2-11(6-12)15(16)17/h1-7H,8H2. The first-order chi connectivity index (χ1) is 8.65. The molecule has 0 N–H and O–H groups in total. The van der Waals surface area contributed by atoms with Crippen molar-refractivity contribution in [3.8, 4) is 5.75 Å². The van der Waals surface area contributed by atoms with Gasteiger partial charge in [-0.15, -0.1) is 0 Å². The predicted octanol–water partition coefficient (Wildman–Crippen LogP) is 3.33. The van der Waals surface area contributed by atoms with E-state index in [9.17, 15) is 10.1 Å². The summed E-state index contributed by atoms with van der Waals surface area (Å²) in [6.45, 7) is 0.272. The Balaban J connectivity index is 2.04. The van der Waals surface area contributed by atoms with E-state index in [2.05, 4.69) is 20.9 Å². The highest BCUT2D eigenvalue weighted by Crippen LogP contribution is 2.20. The van der Waals surface area contributed by atoms with Crippen LogP contribution in [0, 0.1) is 10.1 Å². The number of nitrogens with zero attached hydrogens (tertiary/aromatic N) is 2. The van der Waals surface area contributed by atoms with Crippen molar-refractivity contribution in [1.82, 2.24) is 4.98 Å². The van der Waals surface area contributed by atoms with Gasteiger partial charge in [0.25, 0.3) is 5.69 Å². The van der Waals surface area contributed by atoms with Gasteiger partial charge in [-0.25, -0.2) is 0 Å². The Morgan fingerprint density at radius 2 is 2.17 bits per heavy atom. The quantitative estimate of drug-likeness (QED) is 0.642. The molecule has 0 fully saturated rings. The van der Waals surface area contributed by atoms with E-state index < -0.39 is 4.92 Å². The van der Waals surface area contributed by atoms with E-state index in [4.69, 9.17) is 4.74 Å². The fourth-order valence-corrected chi connectivity index (χ4v) is 1.57. The molecule has 0 spiro atoms. The van der Waals surface area contributed by atoms with E-state index in [-0.39, 0.29) is 12.3 Å². The first-order valence-corrected chi connectivity index (χ1v) is 5.92. The van der Waals surface area contributed by atoms with Crippen molar-refractivity contribution in [2.75, 3.05) is 0 Å². The van der Waals surface area contributed by atoms with E-state index in [0.717, 1.165) is 10.2 Å². The molecule has 0 amide bonds. The fraction of sp³-hybridized carbons (Fsp3) is 0.0833. The van der Waals surface area contributed by atoms with Gasteiger partial charge in [-0.1, -0.05) is 6.07 Å². The van der Waals surface area contributed by atoms with Crippen molar-refractivity contribution in [3.63, 3.8) is 0 Å². The summed E-state index contributed by atoms with van der Waals surface area (Å²) in [5.41, 5.74) is 0.765. The molecule has 2 rings (SSSR count). The summed E-state index contributed by atoms with van der Waals surface area (Å²) >= 11 is 3.29. The monoisotopic (exact) mass is 308 g/mol. The Hall–Kier alpha value is -1.95. The van der Waals surface area contributed by atoms with Crippen molar-refractivity contribution in [3.05, 3.63) is 62.9 Å². The molecule has 0 bridgehead atoms. The number of non-ortho nitro benzene ring substituents is 1. The Morgan fingerprint density at radius 3 is 2.83 bits per heavy atom. The summed E-state index contributed by atoms with van der Waals surface area (Å²) in [6.07, 6.45) is 1.67. The number of pyridine rings is 1. The van der Waals surface area contributed by atoms with Crippen molar-refractivity contribution in [2.24, 2.45) is 0 Å².